The molecular weight excluding hydrogens is 182 g/mol. The number of halogens is 2. The normalized spacial score (nSPS) is 10.1. The van der Waals surface area contributed by atoms with Gasteiger partial charge in [-0.25, -0.2) is 4.98 Å². The lowest BCUT2D eigenvalue weighted by Crippen LogP contribution is -2.16. The molecule has 0 aliphatic heterocycles. The van der Waals surface area contributed by atoms with Crippen LogP contribution < -0.4 is 10.5 Å². The number of nitrogens with zero attached hydrogens (tertiary/aromatic N) is 1. The van der Waals surface area contributed by atoms with Crippen LogP contribution in [-0.2, 0) is 0 Å². The fourth-order valence-corrected chi connectivity index (χ4v) is 0.767. The van der Waals surface area contributed by atoms with E-state index in [1.165, 1.54) is 18.3 Å². The average molecular weight is 188 g/mol. The number of hydrogen-bond acceptors (Lipinski definition) is 3. The van der Waals surface area contributed by atoms with E-state index in [2.05, 4.69) is 9.72 Å². The lowest BCUT2D eigenvalue weighted by molar-refractivity contribution is -0.0503. The SMILES string of the molecule is NC(=O)c1ncccc1OC(F)F. The number of nitrogens with two attached hydrogens (primary N) is 1. The summed E-state index contributed by atoms with van der Waals surface area (Å²) in [4.78, 5) is 14.1. The molecule has 2 N–H and O–H groups in total. The van der Waals surface area contributed by atoms with Crippen LogP contribution in [0.15, 0.2) is 18.3 Å². The van der Waals surface area contributed by atoms with Gasteiger partial charge in [-0.05, 0) is 12.1 Å². The highest BCUT2D eigenvalue weighted by atomic mass is 19.3. The van der Waals surface area contributed by atoms with Gasteiger partial charge in [-0.1, -0.05) is 0 Å². The van der Waals surface area contributed by atoms with Gasteiger partial charge in [0.15, 0.2) is 11.4 Å². The molecule has 0 saturated heterocycles. The summed E-state index contributed by atoms with van der Waals surface area (Å²) in [6, 6.07) is 2.56. The number of alkyl halides is 2. The van der Waals surface area contributed by atoms with Crippen LogP contribution in [0.3, 0.4) is 0 Å². The predicted octanol–water partition coefficient (Wildman–Crippen LogP) is 0.782. The molecule has 70 valence electrons. The molecule has 1 amide bonds. The summed E-state index contributed by atoms with van der Waals surface area (Å²) in [6.07, 6.45) is 1.26. The summed E-state index contributed by atoms with van der Waals surface area (Å²) >= 11 is 0. The Morgan fingerprint density at radius 3 is 2.85 bits per heavy atom. The first-order chi connectivity index (χ1) is 6.11. The Bertz CT molecular complexity index is 317. The third kappa shape index (κ3) is 2.36. The van der Waals surface area contributed by atoms with Crippen molar-refractivity contribution in [1.82, 2.24) is 4.98 Å². The van der Waals surface area contributed by atoms with Crippen molar-refractivity contribution < 1.29 is 18.3 Å². The number of pyridine rings is 1. The molecule has 0 unspecified atom stereocenters. The molecule has 1 rings (SSSR count). The molecule has 1 heterocycles. The Morgan fingerprint density at radius 1 is 1.62 bits per heavy atom. The molecule has 13 heavy (non-hydrogen) atoms. The second kappa shape index (κ2) is 3.79. The van der Waals surface area contributed by atoms with E-state index < -0.39 is 12.5 Å². The molecule has 4 nitrogen and oxygen atoms in total. The van der Waals surface area contributed by atoms with Crippen LogP contribution in [0, 0.1) is 0 Å². The number of rotatable bonds is 3. The highest BCUT2D eigenvalue weighted by Gasteiger charge is 2.13. The van der Waals surface area contributed by atoms with Crippen LogP contribution in [0.1, 0.15) is 10.5 Å². The Kier molecular flexibility index (Phi) is 2.73. The highest BCUT2D eigenvalue weighted by Crippen LogP contribution is 2.16. The van der Waals surface area contributed by atoms with Crippen molar-refractivity contribution >= 4 is 5.91 Å². The van der Waals surface area contributed by atoms with Gasteiger partial charge in [0, 0.05) is 6.20 Å². The molecule has 0 radical (unpaired) electrons. The Labute approximate surface area is 72.3 Å². The number of ether oxygens (including phenoxy) is 1. The van der Waals surface area contributed by atoms with Crippen molar-refractivity contribution in [3.8, 4) is 5.75 Å². The van der Waals surface area contributed by atoms with Crippen LogP contribution in [-0.4, -0.2) is 17.5 Å². The molecule has 1 aromatic rings. The Balaban J connectivity index is 2.98. The van der Waals surface area contributed by atoms with Gasteiger partial charge in [-0.3, -0.25) is 4.79 Å². The summed E-state index contributed by atoms with van der Waals surface area (Å²) in [5.74, 6) is -1.22. The molecular formula is C7H6F2N2O2. The molecule has 0 bridgehead atoms. The van der Waals surface area contributed by atoms with Crippen molar-refractivity contribution in [1.29, 1.82) is 0 Å². The number of carbonyl (C=O) groups excluding carboxylic acids is 1. The smallest absolute Gasteiger partial charge is 0.387 e. The molecule has 0 aliphatic carbocycles. The van der Waals surface area contributed by atoms with Crippen molar-refractivity contribution in [2.24, 2.45) is 5.73 Å². The third-order valence-electron chi connectivity index (χ3n) is 1.22. The number of amides is 1. The van der Waals surface area contributed by atoms with Gasteiger partial charge >= 0.3 is 6.61 Å². The van der Waals surface area contributed by atoms with Crippen LogP contribution in [0.2, 0.25) is 0 Å². The van der Waals surface area contributed by atoms with Crippen LogP contribution in [0.25, 0.3) is 0 Å². The van der Waals surface area contributed by atoms with Gasteiger partial charge in [0.25, 0.3) is 5.91 Å². The number of carbonyl (C=O) groups is 1. The molecule has 6 heteroatoms. The minimum atomic E-state index is -3.00. The first-order valence-corrected chi connectivity index (χ1v) is 3.31. The molecule has 0 aromatic carbocycles. The van der Waals surface area contributed by atoms with Gasteiger partial charge < -0.3 is 10.5 Å². The van der Waals surface area contributed by atoms with Crippen molar-refractivity contribution in [2.45, 2.75) is 6.61 Å². The number of hydrogen-bond donors (Lipinski definition) is 1. The summed E-state index contributed by atoms with van der Waals surface area (Å²) in [5, 5.41) is 0. The lowest BCUT2D eigenvalue weighted by atomic mass is 10.3. The first-order valence-electron chi connectivity index (χ1n) is 3.31. The van der Waals surface area contributed by atoms with E-state index in [1.807, 2.05) is 0 Å². The van der Waals surface area contributed by atoms with E-state index in [-0.39, 0.29) is 11.4 Å². The maximum atomic E-state index is 11.8. The topological polar surface area (TPSA) is 65.2 Å². The molecule has 0 spiro atoms. The number of aromatic nitrogens is 1. The highest BCUT2D eigenvalue weighted by molar-refractivity contribution is 5.93. The first kappa shape index (κ1) is 9.37. The van der Waals surface area contributed by atoms with E-state index in [0.717, 1.165) is 0 Å². The monoisotopic (exact) mass is 188 g/mol. The van der Waals surface area contributed by atoms with Crippen molar-refractivity contribution in [3.05, 3.63) is 24.0 Å². The Hall–Kier alpha value is -1.72. The van der Waals surface area contributed by atoms with Crippen LogP contribution >= 0.6 is 0 Å². The molecule has 0 saturated carbocycles. The standard InChI is InChI=1S/C7H6F2N2O2/c8-7(9)13-4-2-1-3-11-5(4)6(10)12/h1-3,7H,(H2,10,12). The average Bonchev–Trinajstić information content (AvgIpc) is 2.03. The van der Waals surface area contributed by atoms with Gasteiger partial charge in [0.05, 0.1) is 0 Å². The summed E-state index contributed by atoms with van der Waals surface area (Å²) < 4.78 is 27.5. The second-order valence-electron chi connectivity index (χ2n) is 2.09. The van der Waals surface area contributed by atoms with Crippen LogP contribution in [0.4, 0.5) is 8.78 Å². The van der Waals surface area contributed by atoms with Crippen molar-refractivity contribution in [3.63, 3.8) is 0 Å². The lowest BCUT2D eigenvalue weighted by Gasteiger charge is -2.05. The second-order valence-corrected chi connectivity index (χ2v) is 2.09. The quantitative estimate of drug-likeness (QED) is 0.762. The molecule has 0 fully saturated rings. The van der Waals surface area contributed by atoms with E-state index in [4.69, 9.17) is 5.73 Å². The summed E-state index contributed by atoms with van der Waals surface area (Å²) in [7, 11) is 0. The van der Waals surface area contributed by atoms with Crippen LogP contribution in [0.5, 0.6) is 5.75 Å². The van der Waals surface area contributed by atoms with E-state index >= 15 is 0 Å². The summed E-state index contributed by atoms with van der Waals surface area (Å²) in [5.41, 5.74) is 4.56. The van der Waals surface area contributed by atoms with Gasteiger partial charge in [0.2, 0.25) is 0 Å². The molecule has 0 aliphatic rings. The zero-order chi connectivity index (χ0) is 9.84. The van der Waals surface area contributed by atoms with Gasteiger partial charge in [-0.15, -0.1) is 0 Å². The van der Waals surface area contributed by atoms with E-state index in [9.17, 15) is 13.6 Å². The largest absolute Gasteiger partial charge is 0.432 e. The molecule has 0 atom stereocenters. The van der Waals surface area contributed by atoms with E-state index in [1.54, 1.807) is 0 Å². The van der Waals surface area contributed by atoms with Crippen molar-refractivity contribution in [2.75, 3.05) is 0 Å². The minimum Gasteiger partial charge on any atom is -0.432 e. The Morgan fingerprint density at radius 2 is 2.31 bits per heavy atom. The number of primary amides is 1. The molecule has 1 aromatic heterocycles. The maximum absolute atomic E-state index is 11.8. The summed E-state index contributed by atoms with van der Waals surface area (Å²) in [6.45, 7) is -3.00. The minimum absolute atomic E-state index is 0.303. The predicted molar refractivity (Wildman–Crippen MR) is 39.4 cm³/mol. The zero-order valence-electron chi connectivity index (χ0n) is 6.41. The zero-order valence-corrected chi connectivity index (χ0v) is 6.41. The van der Waals surface area contributed by atoms with Gasteiger partial charge in [-0.2, -0.15) is 8.78 Å². The van der Waals surface area contributed by atoms with E-state index in [0.29, 0.717) is 0 Å². The van der Waals surface area contributed by atoms with Gasteiger partial charge in [0.1, 0.15) is 0 Å². The third-order valence-corrected chi connectivity index (χ3v) is 1.22. The fraction of sp³-hybridized carbons (Fsp3) is 0.143. The fourth-order valence-electron chi connectivity index (χ4n) is 0.767. The maximum Gasteiger partial charge on any atom is 0.387 e.